The summed E-state index contributed by atoms with van der Waals surface area (Å²) in [6, 6.07) is 11.8. The van der Waals surface area contributed by atoms with E-state index in [2.05, 4.69) is 25.3 Å². The van der Waals surface area contributed by atoms with Gasteiger partial charge in [0, 0.05) is 43.0 Å². The van der Waals surface area contributed by atoms with Crippen LogP contribution < -0.4 is 15.6 Å². The lowest BCUT2D eigenvalue weighted by Crippen LogP contribution is -2.31. The maximum absolute atomic E-state index is 14.3. The molecule has 1 aliphatic rings. The highest BCUT2D eigenvalue weighted by molar-refractivity contribution is 5.88. The molecule has 5 heterocycles. The van der Waals surface area contributed by atoms with Crippen molar-refractivity contribution < 1.29 is 9.13 Å². The third-order valence-electron chi connectivity index (χ3n) is 7.52. The lowest BCUT2D eigenvalue weighted by molar-refractivity contribution is 0.231. The molecule has 5 aromatic rings. The molecule has 9 nitrogen and oxygen atoms in total. The van der Waals surface area contributed by atoms with E-state index in [0.717, 1.165) is 53.7 Å². The van der Waals surface area contributed by atoms with Crippen LogP contribution in [0.25, 0.3) is 27.8 Å². The van der Waals surface area contributed by atoms with Crippen molar-refractivity contribution in [2.45, 2.75) is 32.2 Å². The van der Waals surface area contributed by atoms with Crippen LogP contribution in [0.2, 0.25) is 0 Å². The number of aromatic nitrogens is 5. The summed E-state index contributed by atoms with van der Waals surface area (Å²) in [6.07, 6.45) is 10.1. The Balaban J connectivity index is 1.23. The monoisotopic (exact) mass is 541 g/mol. The summed E-state index contributed by atoms with van der Waals surface area (Å²) in [6.45, 7) is 4.02. The Morgan fingerprint density at radius 2 is 1.90 bits per heavy atom. The van der Waals surface area contributed by atoms with Crippen molar-refractivity contribution in [1.29, 1.82) is 0 Å². The van der Waals surface area contributed by atoms with Crippen molar-refractivity contribution in [3.05, 3.63) is 82.8 Å². The number of halogens is 1. The van der Waals surface area contributed by atoms with Gasteiger partial charge in [-0.2, -0.15) is 5.10 Å². The second-order valence-electron chi connectivity index (χ2n) is 10.1. The summed E-state index contributed by atoms with van der Waals surface area (Å²) in [7, 11) is 1.59. The van der Waals surface area contributed by atoms with Crippen molar-refractivity contribution >= 4 is 27.6 Å². The molecule has 4 aromatic heterocycles. The Morgan fingerprint density at radius 3 is 2.75 bits per heavy atom. The van der Waals surface area contributed by atoms with Crippen molar-refractivity contribution in [2.75, 3.05) is 38.6 Å². The zero-order valence-corrected chi connectivity index (χ0v) is 22.5. The summed E-state index contributed by atoms with van der Waals surface area (Å²) in [5.41, 5.74) is 3.92. The molecule has 1 saturated heterocycles. The molecule has 206 valence electrons. The fraction of sp³-hybridized carbons (Fsp3) is 0.333. The lowest BCUT2D eigenvalue weighted by Gasteiger charge is -2.26. The van der Waals surface area contributed by atoms with Gasteiger partial charge in [0.05, 0.1) is 36.6 Å². The van der Waals surface area contributed by atoms with Crippen LogP contribution in [0, 0.1) is 5.82 Å². The fourth-order valence-corrected chi connectivity index (χ4v) is 5.41. The molecule has 0 atom stereocenters. The maximum atomic E-state index is 14.3. The van der Waals surface area contributed by atoms with E-state index in [9.17, 15) is 9.18 Å². The number of nitrogens with one attached hydrogen (secondary N) is 1. The van der Waals surface area contributed by atoms with Gasteiger partial charge in [-0.3, -0.25) is 14.3 Å². The van der Waals surface area contributed by atoms with Crippen LogP contribution in [0.15, 0.2) is 65.8 Å². The number of nitrogens with zero attached hydrogens (tertiary/aromatic N) is 6. The van der Waals surface area contributed by atoms with Crippen molar-refractivity contribution in [2.24, 2.45) is 0 Å². The van der Waals surface area contributed by atoms with Gasteiger partial charge < -0.3 is 15.0 Å². The first-order valence-corrected chi connectivity index (χ1v) is 13.7. The summed E-state index contributed by atoms with van der Waals surface area (Å²) in [4.78, 5) is 24.0. The fourth-order valence-electron chi connectivity index (χ4n) is 5.41. The average molecular weight is 542 g/mol. The molecule has 1 N–H and O–H groups in total. The zero-order valence-electron chi connectivity index (χ0n) is 22.5. The minimum absolute atomic E-state index is 0.207. The molecule has 0 amide bonds. The van der Waals surface area contributed by atoms with E-state index in [0.29, 0.717) is 30.2 Å². The second kappa shape index (κ2) is 11.4. The molecule has 0 bridgehead atoms. The Labute approximate surface area is 231 Å². The van der Waals surface area contributed by atoms with Crippen LogP contribution in [0.3, 0.4) is 0 Å². The van der Waals surface area contributed by atoms with Gasteiger partial charge in [0.15, 0.2) is 5.82 Å². The smallest absolute Gasteiger partial charge is 0.266 e. The van der Waals surface area contributed by atoms with Crippen LogP contribution in [-0.2, 0) is 13.0 Å². The van der Waals surface area contributed by atoms with Crippen LogP contribution in [0.5, 0.6) is 5.75 Å². The Morgan fingerprint density at radius 1 is 1.02 bits per heavy atom. The molecule has 0 unspecified atom stereocenters. The minimum Gasteiger partial charge on any atom is -0.495 e. The van der Waals surface area contributed by atoms with Crippen LogP contribution >= 0.6 is 0 Å². The van der Waals surface area contributed by atoms with Crippen LogP contribution in [0.1, 0.15) is 24.8 Å². The predicted molar refractivity (Wildman–Crippen MR) is 154 cm³/mol. The van der Waals surface area contributed by atoms with E-state index in [1.807, 2.05) is 29.0 Å². The number of hydrogen-bond acceptors (Lipinski definition) is 7. The number of likely N-dealkylation sites (tertiary alicyclic amines) is 1. The SMILES string of the molecule is COc1cnc2c(NCCn3nc(-n4cc(CCN5CCCCC5)c5ccc(F)cc54)ccc3=O)ccnc2c1. The first-order valence-electron chi connectivity index (χ1n) is 13.7. The summed E-state index contributed by atoms with van der Waals surface area (Å²) < 4.78 is 22.9. The molecule has 40 heavy (non-hydrogen) atoms. The third-order valence-corrected chi connectivity index (χ3v) is 7.52. The molecule has 6 rings (SSSR count). The van der Waals surface area contributed by atoms with Gasteiger partial charge in [0.25, 0.3) is 5.56 Å². The molecule has 1 aromatic carbocycles. The van der Waals surface area contributed by atoms with Gasteiger partial charge in [-0.25, -0.2) is 14.1 Å². The van der Waals surface area contributed by atoms with E-state index >= 15 is 0 Å². The number of rotatable bonds is 9. The summed E-state index contributed by atoms with van der Waals surface area (Å²) >= 11 is 0. The molecule has 0 radical (unpaired) electrons. The van der Waals surface area contributed by atoms with E-state index in [4.69, 9.17) is 4.74 Å². The highest BCUT2D eigenvalue weighted by Gasteiger charge is 2.15. The minimum atomic E-state index is -0.303. The molecular formula is C30H32FN7O2. The normalized spacial score (nSPS) is 14.2. The summed E-state index contributed by atoms with van der Waals surface area (Å²) in [5, 5.41) is 9.00. The maximum Gasteiger partial charge on any atom is 0.266 e. The Bertz CT molecular complexity index is 1710. The van der Waals surface area contributed by atoms with Gasteiger partial charge in [0.1, 0.15) is 17.1 Å². The van der Waals surface area contributed by atoms with Crippen molar-refractivity contribution in [1.82, 2.24) is 29.2 Å². The van der Waals surface area contributed by atoms with Gasteiger partial charge in [-0.15, -0.1) is 0 Å². The molecule has 1 fully saturated rings. The molecule has 0 spiro atoms. The van der Waals surface area contributed by atoms with Gasteiger partial charge in [0.2, 0.25) is 0 Å². The molecule has 1 aliphatic heterocycles. The Kier molecular flexibility index (Phi) is 7.41. The number of pyridine rings is 2. The van der Waals surface area contributed by atoms with Crippen LogP contribution in [-0.4, -0.2) is 62.5 Å². The quantitative estimate of drug-likeness (QED) is 0.296. The topological polar surface area (TPSA) is 90.1 Å². The molecular weight excluding hydrogens is 509 g/mol. The van der Waals surface area contributed by atoms with E-state index in [-0.39, 0.29) is 11.4 Å². The number of methoxy groups -OCH3 is 1. The zero-order chi connectivity index (χ0) is 27.5. The van der Waals surface area contributed by atoms with Gasteiger partial charge in [-0.05, 0) is 68.2 Å². The summed E-state index contributed by atoms with van der Waals surface area (Å²) in [5.74, 6) is 0.905. The standard InChI is InChI=1S/C30H32FN7O2/c1-40-23-18-26-30(34-19-23)25(9-11-32-26)33-12-16-38-29(39)8-7-28(35-38)37-20-21(10-15-36-13-3-2-4-14-36)24-6-5-22(31)17-27(24)37/h5-9,11,17-20H,2-4,10,12-16H2,1H3,(H,32,33). The number of piperidine rings is 1. The Hall–Kier alpha value is -4.31. The van der Waals surface area contributed by atoms with Gasteiger partial charge in [-0.1, -0.05) is 6.42 Å². The number of benzene rings is 1. The number of fused-ring (bicyclic) bond motifs is 2. The third kappa shape index (κ3) is 5.40. The van der Waals surface area contributed by atoms with E-state index < -0.39 is 0 Å². The van der Waals surface area contributed by atoms with Crippen LogP contribution in [0.4, 0.5) is 10.1 Å². The van der Waals surface area contributed by atoms with Crippen molar-refractivity contribution in [3.63, 3.8) is 0 Å². The molecule has 0 saturated carbocycles. The highest BCUT2D eigenvalue weighted by atomic mass is 19.1. The number of hydrogen-bond donors (Lipinski definition) is 1. The van der Waals surface area contributed by atoms with Crippen molar-refractivity contribution in [3.8, 4) is 11.6 Å². The average Bonchev–Trinajstić information content (AvgIpc) is 3.34. The largest absolute Gasteiger partial charge is 0.495 e. The first kappa shape index (κ1) is 25.9. The first-order chi connectivity index (χ1) is 19.6. The van der Waals surface area contributed by atoms with E-state index in [1.54, 1.807) is 25.6 Å². The molecule has 10 heteroatoms. The van der Waals surface area contributed by atoms with Gasteiger partial charge >= 0.3 is 0 Å². The lowest BCUT2D eigenvalue weighted by atomic mass is 10.1. The predicted octanol–water partition coefficient (Wildman–Crippen LogP) is 4.42. The second-order valence-corrected chi connectivity index (χ2v) is 10.1. The highest BCUT2D eigenvalue weighted by Crippen LogP contribution is 2.26. The number of ether oxygens (including phenoxy) is 1. The molecule has 0 aliphatic carbocycles. The number of anilines is 1. The van der Waals surface area contributed by atoms with E-state index in [1.165, 1.54) is 42.1 Å².